The second kappa shape index (κ2) is 5.60. The van der Waals surface area contributed by atoms with Crippen molar-refractivity contribution in [2.75, 3.05) is 0 Å². The molecule has 0 amide bonds. The quantitative estimate of drug-likeness (QED) is 0.837. The van der Waals surface area contributed by atoms with Gasteiger partial charge in [0.05, 0.1) is 5.41 Å². The van der Waals surface area contributed by atoms with Gasteiger partial charge in [0.1, 0.15) is 0 Å². The van der Waals surface area contributed by atoms with Crippen LogP contribution in [0.4, 0.5) is 0 Å². The number of aliphatic carboxylic acids is 1. The van der Waals surface area contributed by atoms with Crippen LogP contribution in [0.3, 0.4) is 0 Å². The lowest BCUT2D eigenvalue weighted by molar-refractivity contribution is -0.154. The fraction of sp³-hybridized carbons (Fsp3) is 0.933. The van der Waals surface area contributed by atoms with E-state index in [4.69, 9.17) is 0 Å². The molecule has 18 heavy (non-hydrogen) atoms. The molecule has 0 aromatic rings. The van der Waals surface area contributed by atoms with Crippen molar-refractivity contribution in [2.24, 2.45) is 11.3 Å². The summed E-state index contributed by atoms with van der Waals surface area (Å²) in [6.45, 7) is 12.6. The maximum atomic E-state index is 11.5. The number of carboxylic acid groups (broad SMARTS) is 1. The molecule has 2 unspecified atom stereocenters. The first-order valence-electron chi connectivity index (χ1n) is 7.20. The Bertz CT molecular complexity index is 297. The summed E-state index contributed by atoms with van der Waals surface area (Å²) >= 11 is 0. The van der Waals surface area contributed by atoms with Crippen LogP contribution in [0.15, 0.2) is 0 Å². The molecule has 1 N–H and O–H groups in total. The molecule has 1 heterocycles. The Morgan fingerprint density at radius 1 is 1.22 bits per heavy atom. The normalized spacial score (nSPS) is 26.9. The Morgan fingerprint density at radius 2 is 1.78 bits per heavy atom. The topological polar surface area (TPSA) is 40.5 Å². The first-order valence-corrected chi connectivity index (χ1v) is 7.20. The molecule has 0 radical (unpaired) electrons. The number of hydrogen-bond donors (Lipinski definition) is 1. The second-order valence-electron chi connectivity index (χ2n) is 6.83. The Hall–Kier alpha value is -0.570. The van der Waals surface area contributed by atoms with Crippen molar-refractivity contribution in [1.29, 1.82) is 0 Å². The Labute approximate surface area is 112 Å². The Balaban J connectivity index is 3.05. The summed E-state index contributed by atoms with van der Waals surface area (Å²) in [5.41, 5.74) is -0.669. The van der Waals surface area contributed by atoms with Crippen LogP contribution in [-0.2, 0) is 4.79 Å². The molecule has 0 spiro atoms. The number of likely N-dealkylation sites (tertiary alicyclic amines) is 1. The van der Waals surface area contributed by atoms with Gasteiger partial charge in [0.2, 0.25) is 0 Å². The zero-order valence-corrected chi connectivity index (χ0v) is 12.7. The van der Waals surface area contributed by atoms with Gasteiger partial charge in [-0.3, -0.25) is 9.69 Å². The van der Waals surface area contributed by atoms with Crippen LogP contribution >= 0.6 is 0 Å². The zero-order chi connectivity index (χ0) is 14.1. The van der Waals surface area contributed by atoms with E-state index in [1.165, 1.54) is 6.42 Å². The molecule has 0 bridgehead atoms. The smallest absolute Gasteiger partial charge is 0.310 e. The number of carboxylic acids is 1. The maximum absolute atomic E-state index is 11.5. The van der Waals surface area contributed by atoms with Gasteiger partial charge in [-0.2, -0.15) is 0 Å². The van der Waals surface area contributed by atoms with E-state index in [0.717, 1.165) is 12.8 Å². The standard InChI is InChI=1S/C15H29NO2/c1-10(2)12-8-7-9-13(16(12)11(3)4)15(5,6)14(17)18/h10-13H,7-9H2,1-6H3,(H,17,18). The van der Waals surface area contributed by atoms with E-state index in [9.17, 15) is 9.90 Å². The Morgan fingerprint density at radius 3 is 2.17 bits per heavy atom. The molecule has 1 rings (SSSR count). The average molecular weight is 255 g/mol. The summed E-state index contributed by atoms with van der Waals surface area (Å²) in [5.74, 6) is -0.0950. The summed E-state index contributed by atoms with van der Waals surface area (Å²) in [6, 6.07) is 1.07. The monoisotopic (exact) mass is 255 g/mol. The van der Waals surface area contributed by atoms with Crippen LogP contribution in [0.1, 0.15) is 60.8 Å². The molecule has 3 heteroatoms. The summed E-state index contributed by atoms with van der Waals surface area (Å²) in [5, 5.41) is 9.49. The lowest BCUT2D eigenvalue weighted by atomic mass is 9.75. The van der Waals surface area contributed by atoms with Gasteiger partial charge in [0.25, 0.3) is 0 Å². The highest BCUT2D eigenvalue weighted by molar-refractivity contribution is 5.74. The van der Waals surface area contributed by atoms with E-state index >= 15 is 0 Å². The van der Waals surface area contributed by atoms with Gasteiger partial charge in [0, 0.05) is 18.1 Å². The molecule has 0 aromatic heterocycles. The first-order chi connectivity index (χ1) is 8.19. The highest BCUT2D eigenvalue weighted by Crippen LogP contribution is 2.38. The van der Waals surface area contributed by atoms with E-state index in [2.05, 4.69) is 32.6 Å². The molecule has 0 saturated carbocycles. The SMILES string of the molecule is CC(C)C1CCCC(C(C)(C)C(=O)O)N1C(C)C. The van der Waals surface area contributed by atoms with Crippen molar-refractivity contribution in [3.8, 4) is 0 Å². The van der Waals surface area contributed by atoms with Crippen LogP contribution < -0.4 is 0 Å². The van der Waals surface area contributed by atoms with E-state index in [0.29, 0.717) is 18.0 Å². The van der Waals surface area contributed by atoms with Crippen LogP contribution in [0.25, 0.3) is 0 Å². The van der Waals surface area contributed by atoms with Crippen LogP contribution in [-0.4, -0.2) is 34.1 Å². The molecule has 3 nitrogen and oxygen atoms in total. The van der Waals surface area contributed by atoms with Gasteiger partial charge < -0.3 is 5.11 Å². The maximum Gasteiger partial charge on any atom is 0.310 e. The van der Waals surface area contributed by atoms with Gasteiger partial charge in [-0.1, -0.05) is 20.3 Å². The van der Waals surface area contributed by atoms with Gasteiger partial charge in [0.15, 0.2) is 0 Å². The fourth-order valence-corrected chi connectivity index (χ4v) is 3.35. The third-order valence-corrected chi connectivity index (χ3v) is 4.47. The third kappa shape index (κ3) is 2.87. The fourth-order valence-electron chi connectivity index (χ4n) is 3.35. The molecule has 1 saturated heterocycles. The van der Waals surface area contributed by atoms with Crippen LogP contribution in [0.5, 0.6) is 0 Å². The van der Waals surface area contributed by atoms with E-state index in [1.807, 2.05) is 13.8 Å². The predicted molar refractivity (Wildman–Crippen MR) is 74.7 cm³/mol. The number of nitrogens with zero attached hydrogens (tertiary/aromatic N) is 1. The number of carbonyl (C=O) groups is 1. The summed E-state index contributed by atoms with van der Waals surface area (Å²) in [4.78, 5) is 14.0. The lowest BCUT2D eigenvalue weighted by Crippen LogP contribution is -2.59. The zero-order valence-electron chi connectivity index (χ0n) is 12.7. The average Bonchev–Trinajstić information content (AvgIpc) is 2.27. The Kier molecular flexibility index (Phi) is 4.82. The summed E-state index contributed by atoms with van der Waals surface area (Å²) in [7, 11) is 0. The highest BCUT2D eigenvalue weighted by atomic mass is 16.4. The van der Waals surface area contributed by atoms with E-state index in [1.54, 1.807) is 0 Å². The van der Waals surface area contributed by atoms with Crippen molar-refractivity contribution in [2.45, 2.75) is 78.9 Å². The number of piperidine rings is 1. The highest BCUT2D eigenvalue weighted by Gasteiger charge is 2.45. The number of hydrogen-bond acceptors (Lipinski definition) is 2. The minimum Gasteiger partial charge on any atom is -0.481 e. The minimum absolute atomic E-state index is 0.149. The molecule has 106 valence electrons. The minimum atomic E-state index is -0.678. The first kappa shape index (κ1) is 15.5. The largest absolute Gasteiger partial charge is 0.481 e. The van der Waals surface area contributed by atoms with E-state index < -0.39 is 11.4 Å². The second-order valence-corrected chi connectivity index (χ2v) is 6.83. The van der Waals surface area contributed by atoms with Crippen molar-refractivity contribution < 1.29 is 9.90 Å². The molecular formula is C15H29NO2. The molecule has 1 aliphatic rings. The molecular weight excluding hydrogens is 226 g/mol. The van der Waals surface area contributed by atoms with Crippen LogP contribution in [0.2, 0.25) is 0 Å². The lowest BCUT2D eigenvalue weighted by Gasteiger charge is -2.51. The van der Waals surface area contributed by atoms with Gasteiger partial charge in [-0.15, -0.1) is 0 Å². The van der Waals surface area contributed by atoms with Gasteiger partial charge in [-0.05, 0) is 46.5 Å². The van der Waals surface area contributed by atoms with Crippen molar-refractivity contribution in [3.63, 3.8) is 0 Å². The summed E-state index contributed by atoms with van der Waals surface area (Å²) in [6.07, 6.45) is 3.34. The molecule has 1 fully saturated rings. The van der Waals surface area contributed by atoms with Gasteiger partial charge in [-0.25, -0.2) is 0 Å². The molecule has 0 aliphatic carbocycles. The van der Waals surface area contributed by atoms with Crippen molar-refractivity contribution in [1.82, 2.24) is 4.90 Å². The third-order valence-electron chi connectivity index (χ3n) is 4.47. The summed E-state index contributed by atoms with van der Waals surface area (Å²) < 4.78 is 0. The molecule has 1 aliphatic heterocycles. The number of rotatable bonds is 4. The predicted octanol–water partition coefficient (Wildman–Crippen LogP) is 3.38. The van der Waals surface area contributed by atoms with Crippen LogP contribution in [0, 0.1) is 11.3 Å². The van der Waals surface area contributed by atoms with Gasteiger partial charge >= 0.3 is 5.97 Å². The van der Waals surface area contributed by atoms with Crippen molar-refractivity contribution >= 4 is 5.97 Å². The van der Waals surface area contributed by atoms with Crippen molar-refractivity contribution in [3.05, 3.63) is 0 Å². The van der Waals surface area contributed by atoms with E-state index in [-0.39, 0.29) is 6.04 Å². The molecule has 0 aromatic carbocycles. The molecule has 2 atom stereocenters.